The van der Waals surface area contributed by atoms with E-state index in [1.807, 2.05) is 0 Å². The van der Waals surface area contributed by atoms with Crippen LogP contribution >= 0.6 is 11.6 Å². The fourth-order valence-corrected chi connectivity index (χ4v) is 1.49. The highest BCUT2D eigenvalue weighted by Crippen LogP contribution is 2.27. The SMILES string of the molecule is C=CCC[C@@H](N)c1c(F)ccc(Cl)c1F. The zero-order valence-electron chi connectivity index (χ0n) is 8.14. The molecule has 0 fully saturated rings. The van der Waals surface area contributed by atoms with Gasteiger partial charge in [0, 0.05) is 11.6 Å². The van der Waals surface area contributed by atoms with Gasteiger partial charge in [-0.05, 0) is 25.0 Å². The maximum atomic E-state index is 13.5. The van der Waals surface area contributed by atoms with Crippen LogP contribution in [0.2, 0.25) is 5.02 Å². The van der Waals surface area contributed by atoms with E-state index in [4.69, 9.17) is 17.3 Å². The van der Waals surface area contributed by atoms with Crippen LogP contribution in [0.4, 0.5) is 8.78 Å². The van der Waals surface area contributed by atoms with E-state index in [-0.39, 0.29) is 10.6 Å². The number of hydrogen-bond donors (Lipinski definition) is 1. The Morgan fingerprint density at radius 2 is 2.13 bits per heavy atom. The summed E-state index contributed by atoms with van der Waals surface area (Å²) in [6.07, 6.45) is 2.70. The molecule has 82 valence electrons. The molecule has 0 aromatic heterocycles. The first kappa shape index (κ1) is 12.1. The maximum Gasteiger partial charge on any atom is 0.149 e. The third-order valence-electron chi connectivity index (χ3n) is 2.13. The Balaban J connectivity index is 3.01. The van der Waals surface area contributed by atoms with Crippen molar-refractivity contribution in [3.05, 3.63) is 47.0 Å². The van der Waals surface area contributed by atoms with Crippen molar-refractivity contribution in [2.75, 3.05) is 0 Å². The van der Waals surface area contributed by atoms with E-state index >= 15 is 0 Å². The molecule has 0 aliphatic rings. The van der Waals surface area contributed by atoms with Gasteiger partial charge in [0.25, 0.3) is 0 Å². The highest BCUT2D eigenvalue weighted by Gasteiger charge is 2.18. The van der Waals surface area contributed by atoms with Crippen LogP contribution in [-0.2, 0) is 0 Å². The van der Waals surface area contributed by atoms with E-state index in [1.54, 1.807) is 6.08 Å². The van der Waals surface area contributed by atoms with Gasteiger partial charge >= 0.3 is 0 Å². The molecule has 0 unspecified atom stereocenters. The summed E-state index contributed by atoms with van der Waals surface area (Å²) >= 11 is 5.55. The molecular formula is C11H12ClF2N. The molecule has 0 bridgehead atoms. The lowest BCUT2D eigenvalue weighted by molar-refractivity contribution is 0.514. The van der Waals surface area contributed by atoms with Crippen molar-refractivity contribution in [2.45, 2.75) is 18.9 Å². The molecule has 2 N–H and O–H groups in total. The lowest BCUT2D eigenvalue weighted by Crippen LogP contribution is -2.14. The average molecular weight is 232 g/mol. The summed E-state index contributed by atoms with van der Waals surface area (Å²) < 4.78 is 26.8. The van der Waals surface area contributed by atoms with Crippen LogP contribution in [0.1, 0.15) is 24.4 Å². The van der Waals surface area contributed by atoms with Crippen molar-refractivity contribution >= 4 is 11.6 Å². The van der Waals surface area contributed by atoms with Gasteiger partial charge in [-0.2, -0.15) is 0 Å². The van der Waals surface area contributed by atoms with Crippen molar-refractivity contribution < 1.29 is 8.78 Å². The minimum Gasteiger partial charge on any atom is -0.324 e. The molecule has 0 spiro atoms. The largest absolute Gasteiger partial charge is 0.324 e. The second-order valence-corrected chi connectivity index (χ2v) is 3.64. The number of rotatable bonds is 4. The minimum atomic E-state index is -0.770. The number of benzene rings is 1. The molecule has 15 heavy (non-hydrogen) atoms. The third kappa shape index (κ3) is 2.76. The van der Waals surface area contributed by atoms with Crippen LogP contribution in [0.5, 0.6) is 0 Å². The van der Waals surface area contributed by atoms with Gasteiger partial charge < -0.3 is 5.73 Å². The quantitative estimate of drug-likeness (QED) is 0.622. The standard InChI is InChI=1S/C11H12ClF2N/c1-2-3-4-9(15)10-8(13)6-5-7(12)11(10)14/h2,5-6,9H,1,3-4,15H2/t9-/m1/s1. The van der Waals surface area contributed by atoms with Crippen molar-refractivity contribution in [2.24, 2.45) is 5.73 Å². The Bertz CT molecular complexity index is 366. The van der Waals surface area contributed by atoms with Gasteiger partial charge in [0.2, 0.25) is 0 Å². The summed E-state index contributed by atoms with van der Waals surface area (Å²) in [5.41, 5.74) is 5.52. The van der Waals surface area contributed by atoms with Crippen LogP contribution in [0.3, 0.4) is 0 Å². The van der Waals surface area contributed by atoms with Crippen molar-refractivity contribution in [3.63, 3.8) is 0 Å². The molecule has 0 amide bonds. The van der Waals surface area contributed by atoms with Gasteiger partial charge in [-0.3, -0.25) is 0 Å². The summed E-state index contributed by atoms with van der Waals surface area (Å²) in [6, 6.07) is 1.60. The normalized spacial score (nSPS) is 12.5. The smallest absolute Gasteiger partial charge is 0.149 e. The summed E-state index contributed by atoms with van der Waals surface area (Å²) in [4.78, 5) is 0. The Labute approximate surface area is 92.5 Å². The van der Waals surface area contributed by atoms with Gasteiger partial charge in [0.05, 0.1) is 5.02 Å². The molecule has 0 saturated heterocycles. The first-order valence-electron chi connectivity index (χ1n) is 4.57. The van der Waals surface area contributed by atoms with Crippen molar-refractivity contribution in [1.29, 1.82) is 0 Å². The monoisotopic (exact) mass is 231 g/mol. The third-order valence-corrected chi connectivity index (χ3v) is 2.42. The molecule has 1 atom stereocenters. The summed E-state index contributed by atoms with van der Waals surface area (Å²) in [5.74, 6) is -1.43. The number of nitrogens with two attached hydrogens (primary N) is 1. The number of hydrogen-bond acceptors (Lipinski definition) is 1. The van der Waals surface area contributed by atoms with E-state index in [1.165, 1.54) is 6.07 Å². The van der Waals surface area contributed by atoms with E-state index in [9.17, 15) is 8.78 Å². The Hall–Kier alpha value is -0.930. The highest BCUT2D eigenvalue weighted by atomic mass is 35.5. The highest BCUT2D eigenvalue weighted by molar-refractivity contribution is 6.30. The van der Waals surface area contributed by atoms with Crippen LogP contribution in [-0.4, -0.2) is 0 Å². The van der Waals surface area contributed by atoms with Crippen LogP contribution in [0.15, 0.2) is 24.8 Å². The van der Waals surface area contributed by atoms with Crippen LogP contribution in [0, 0.1) is 11.6 Å². The van der Waals surface area contributed by atoms with Gasteiger partial charge in [-0.1, -0.05) is 17.7 Å². The van der Waals surface area contributed by atoms with Crippen molar-refractivity contribution in [3.8, 4) is 0 Å². The Morgan fingerprint density at radius 1 is 1.47 bits per heavy atom. The molecule has 1 nitrogen and oxygen atoms in total. The van der Waals surface area contributed by atoms with E-state index in [2.05, 4.69) is 6.58 Å². The topological polar surface area (TPSA) is 26.0 Å². The van der Waals surface area contributed by atoms with E-state index in [0.717, 1.165) is 6.07 Å². The van der Waals surface area contributed by atoms with Gasteiger partial charge in [0.15, 0.2) is 0 Å². The lowest BCUT2D eigenvalue weighted by Gasteiger charge is -2.13. The Kier molecular flexibility index (Phi) is 4.24. The molecule has 1 aromatic carbocycles. The van der Waals surface area contributed by atoms with E-state index < -0.39 is 17.7 Å². The molecule has 0 aliphatic carbocycles. The number of allylic oxidation sites excluding steroid dienone is 1. The summed E-state index contributed by atoms with van der Waals surface area (Å²) in [7, 11) is 0. The predicted octanol–water partition coefficient (Wildman–Crippen LogP) is 3.58. The maximum absolute atomic E-state index is 13.5. The van der Waals surface area contributed by atoms with Gasteiger partial charge in [-0.15, -0.1) is 6.58 Å². The fourth-order valence-electron chi connectivity index (χ4n) is 1.32. The second-order valence-electron chi connectivity index (χ2n) is 3.23. The lowest BCUT2D eigenvalue weighted by atomic mass is 10.0. The van der Waals surface area contributed by atoms with Crippen LogP contribution in [0.25, 0.3) is 0 Å². The zero-order valence-corrected chi connectivity index (χ0v) is 8.90. The fraction of sp³-hybridized carbons (Fsp3) is 0.273. The van der Waals surface area contributed by atoms with Crippen molar-refractivity contribution in [1.82, 2.24) is 0 Å². The van der Waals surface area contributed by atoms with Gasteiger partial charge in [-0.25, -0.2) is 8.78 Å². The minimum absolute atomic E-state index is 0.111. The number of halogens is 3. The van der Waals surface area contributed by atoms with Crippen LogP contribution < -0.4 is 5.73 Å². The molecule has 0 heterocycles. The van der Waals surface area contributed by atoms with Gasteiger partial charge in [0.1, 0.15) is 11.6 Å². The Morgan fingerprint density at radius 3 is 2.73 bits per heavy atom. The summed E-state index contributed by atoms with van der Waals surface area (Å²) in [5, 5.41) is -0.111. The average Bonchev–Trinajstić information content (AvgIpc) is 2.21. The summed E-state index contributed by atoms with van der Waals surface area (Å²) in [6.45, 7) is 3.52. The molecule has 0 saturated carbocycles. The predicted molar refractivity (Wildman–Crippen MR) is 57.7 cm³/mol. The second kappa shape index (κ2) is 5.24. The molecule has 0 radical (unpaired) electrons. The molecule has 1 rings (SSSR count). The molecule has 0 aliphatic heterocycles. The molecule has 4 heteroatoms. The first-order valence-corrected chi connectivity index (χ1v) is 4.95. The molecule has 1 aromatic rings. The molecular weight excluding hydrogens is 220 g/mol. The first-order chi connectivity index (χ1) is 7.07. The van der Waals surface area contributed by atoms with E-state index in [0.29, 0.717) is 12.8 Å². The zero-order chi connectivity index (χ0) is 11.4.